The fourth-order valence-corrected chi connectivity index (χ4v) is 8.98. The van der Waals surface area contributed by atoms with Crippen molar-refractivity contribution in [2.75, 3.05) is 24.0 Å². The first-order chi connectivity index (χ1) is 24.6. The van der Waals surface area contributed by atoms with E-state index in [1.807, 2.05) is 0 Å². The highest BCUT2D eigenvalue weighted by Gasteiger charge is 2.77. The molecule has 2 saturated heterocycles. The number of nitrogens with zero attached hydrogens (tertiary/aromatic N) is 2. The average Bonchev–Trinajstić information content (AvgIpc) is 3.47. The van der Waals surface area contributed by atoms with E-state index in [2.05, 4.69) is 6.58 Å². The lowest BCUT2D eigenvalue weighted by atomic mass is 9.56. The molecule has 1 N–H and O–H groups in total. The molecule has 6 atom stereocenters. The van der Waals surface area contributed by atoms with E-state index in [1.165, 1.54) is 38.5 Å². The van der Waals surface area contributed by atoms with Crippen LogP contribution in [0.3, 0.4) is 0 Å². The lowest BCUT2D eigenvalue weighted by Gasteiger charge is -2.50. The average molecular weight is 763 g/mol. The van der Waals surface area contributed by atoms with Crippen LogP contribution in [0.25, 0.3) is 6.08 Å². The van der Waals surface area contributed by atoms with Gasteiger partial charge in [-0.2, -0.15) is 0 Å². The maximum absolute atomic E-state index is 15.3. The molecule has 6 unspecified atom stereocenters. The molecule has 0 aromatic heterocycles. The number of ether oxygens (including phenoxy) is 2. The Bertz CT molecular complexity index is 2150. The molecule has 2 heterocycles. The second-order valence-electron chi connectivity index (χ2n) is 12.8. The van der Waals surface area contributed by atoms with Gasteiger partial charge in [0, 0.05) is 23.6 Å². The first kappa shape index (κ1) is 35.5. The molecule has 4 aliphatic rings. The van der Waals surface area contributed by atoms with Crippen LogP contribution >= 0.6 is 23.2 Å². The van der Waals surface area contributed by atoms with Gasteiger partial charge in [-0.25, -0.2) is 26.9 Å². The largest absolute Gasteiger partial charge is 0.507 e. The van der Waals surface area contributed by atoms with Crippen LogP contribution in [0.4, 0.5) is 33.3 Å². The molecule has 7 rings (SSSR count). The first-order valence-electron chi connectivity index (χ1n) is 15.6. The van der Waals surface area contributed by atoms with Crippen LogP contribution in [-0.4, -0.2) is 52.7 Å². The molecule has 0 spiro atoms. The normalized spacial score (nSPS) is 28.1. The summed E-state index contributed by atoms with van der Waals surface area (Å²) in [5.41, 5.74) is -1.11. The number of hydrogen-bond acceptors (Lipinski definition) is 7. The van der Waals surface area contributed by atoms with Crippen molar-refractivity contribution in [1.29, 1.82) is 0 Å². The van der Waals surface area contributed by atoms with Crippen molar-refractivity contribution in [2.45, 2.75) is 28.5 Å². The third-order valence-electron chi connectivity index (χ3n) is 10.4. The minimum atomic E-state index is -2.85. The highest BCUT2D eigenvalue weighted by atomic mass is 35.5. The van der Waals surface area contributed by atoms with Gasteiger partial charge in [-0.05, 0) is 36.5 Å². The minimum Gasteiger partial charge on any atom is -0.507 e. The van der Waals surface area contributed by atoms with Crippen molar-refractivity contribution in [3.05, 3.63) is 94.8 Å². The van der Waals surface area contributed by atoms with Gasteiger partial charge in [0.05, 0.1) is 31.7 Å². The second kappa shape index (κ2) is 12.1. The molecule has 4 amide bonds. The molecule has 9 nitrogen and oxygen atoms in total. The molecule has 2 aliphatic carbocycles. The maximum Gasteiger partial charge on any atom is 0.258 e. The van der Waals surface area contributed by atoms with Crippen molar-refractivity contribution >= 4 is 64.3 Å². The molecule has 16 heteroatoms. The summed E-state index contributed by atoms with van der Waals surface area (Å²) in [5, 5.41) is 11.4. The van der Waals surface area contributed by atoms with E-state index < -0.39 is 104 Å². The number of methoxy groups -OCH3 is 2. The topological polar surface area (TPSA) is 113 Å². The standard InChI is InChI=1S/C36H25Cl2F5N2O7/c1-4-14-5-7-15(8-6-14)44-31(47)18-10-9-17-19(22(18)32(44)48)13-35(37)33(49)45(30-28(42)26(40)25(39)27(41)29(30)43)34(50)36(35,38)24(17)23-20(46)11-16(51-2)12-21(23)52-3/h4-9,11-12,18-19,22,24,46H,1,10,13H2,2-3H3. The van der Waals surface area contributed by atoms with Gasteiger partial charge < -0.3 is 14.6 Å². The van der Waals surface area contributed by atoms with E-state index in [0.29, 0.717) is 5.56 Å². The van der Waals surface area contributed by atoms with Crippen LogP contribution in [0.2, 0.25) is 0 Å². The highest BCUT2D eigenvalue weighted by Crippen LogP contribution is 2.67. The minimum absolute atomic E-state index is 0.0652. The molecular formula is C36H25Cl2F5N2O7. The van der Waals surface area contributed by atoms with Gasteiger partial charge in [-0.15, -0.1) is 23.2 Å². The lowest BCUT2D eigenvalue weighted by molar-refractivity contribution is -0.125. The van der Waals surface area contributed by atoms with Crippen molar-refractivity contribution < 1.29 is 55.7 Å². The third kappa shape index (κ3) is 4.46. The van der Waals surface area contributed by atoms with Crippen LogP contribution in [0.15, 0.2) is 54.6 Å². The van der Waals surface area contributed by atoms with Crippen molar-refractivity contribution in [2.24, 2.45) is 17.8 Å². The Kier molecular flexibility index (Phi) is 8.22. The zero-order valence-electron chi connectivity index (χ0n) is 27.0. The molecule has 2 aliphatic heterocycles. The van der Waals surface area contributed by atoms with Crippen molar-refractivity contribution in [3.8, 4) is 17.2 Å². The number of rotatable bonds is 6. The van der Waals surface area contributed by atoms with Crippen LogP contribution in [0.5, 0.6) is 17.2 Å². The summed E-state index contributed by atoms with van der Waals surface area (Å²) >= 11 is 14.3. The quantitative estimate of drug-likeness (QED) is 0.0761. The predicted molar refractivity (Wildman–Crippen MR) is 177 cm³/mol. The van der Waals surface area contributed by atoms with E-state index in [1.54, 1.807) is 18.2 Å². The molecule has 3 fully saturated rings. The number of benzene rings is 3. The number of phenols is 1. The predicted octanol–water partition coefficient (Wildman–Crippen LogP) is 6.52. The van der Waals surface area contributed by atoms with Gasteiger partial charge in [-0.1, -0.05) is 36.4 Å². The Hall–Kier alpha value is -4.95. The number of alkyl halides is 2. The maximum atomic E-state index is 15.3. The van der Waals surface area contributed by atoms with Crippen LogP contribution in [-0.2, 0) is 19.2 Å². The zero-order chi connectivity index (χ0) is 37.8. The molecule has 52 heavy (non-hydrogen) atoms. The molecular weight excluding hydrogens is 738 g/mol. The number of anilines is 2. The summed E-state index contributed by atoms with van der Waals surface area (Å²) in [6.45, 7) is 3.69. The summed E-state index contributed by atoms with van der Waals surface area (Å²) in [6.07, 6.45) is 2.27. The number of amides is 4. The lowest BCUT2D eigenvalue weighted by Crippen LogP contribution is -2.60. The van der Waals surface area contributed by atoms with Gasteiger partial charge >= 0.3 is 0 Å². The van der Waals surface area contributed by atoms with Gasteiger partial charge in [0.25, 0.3) is 11.8 Å². The Morgan fingerprint density at radius 2 is 1.46 bits per heavy atom. The van der Waals surface area contributed by atoms with Gasteiger partial charge in [0.1, 0.15) is 22.9 Å². The highest BCUT2D eigenvalue weighted by molar-refractivity contribution is 6.58. The number of phenolic OH excluding ortho intramolecular Hbond substituents is 1. The molecule has 3 aromatic rings. The van der Waals surface area contributed by atoms with E-state index >= 15 is 8.78 Å². The SMILES string of the molecule is C=Cc1ccc(N2C(=O)C3CC=C4C(CC5(Cl)C(=O)N(c6c(F)c(F)c(F)c(F)c6F)C(=O)C5(Cl)C4c4c(O)cc(OC)cc4OC)C3C2=O)cc1. The number of hydrogen-bond donors (Lipinski definition) is 1. The van der Waals surface area contributed by atoms with Crippen molar-refractivity contribution in [3.63, 3.8) is 0 Å². The number of imide groups is 2. The summed E-state index contributed by atoms with van der Waals surface area (Å²) in [6, 6.07) is 8.76. The zero-order valence-corrected chi connectivity index (χ0v) is 28.5. The molecule has 3 aromatic carbocycles. The molecule has 0 radical (unpaired) electrons. The number of aromatic hydroxyl groups is 1. The monoisotopic (exact) mass is 762 g/mol. The van der Waals surface area contributed by atoms with Crippen LogP contribution in [0, 0.1) is 46.8 Å². The number of halogens is 7. The fraction of sp³-hybridized carbons (Fsp3) is 0.278. The smallest absolute Gasteiger partial charge is 0.258 e. The Labute approximate surface area is 301 Å². The van der Waals surface area contributed by atoms with Crippen LogP contribution < -0.4 is 19.3 Å². The first-order valence-corrected chi connectivity index (χ1v) is 16.4. The van der Waals surface area contributed by atoms with E-state index in [4.69, 9.17) is 32.7 Å². The third-order valence-corrected chi connectivity index (χ3v) is 11.9. The fourth-order valence-electron chi connectivity index (χ4n) is 8.06. The van der Waals surface area contributed by atoms with Crippen LogP contribution in [0.1, 0.15) is 29.9 Å². The van der Waals surface area contributed by atoms with E-state index in [9.17, 15) is 37.5 Å². The summed E-state index contributed by atoms with van der Waals surface area (Å²) in [4.78, 5) is 52.1. The number of carbonyl (C=O) groups is 4. The second-order valence-corrected chi connectivity index (χ2v) is 14.0. The number of allylic oxidation sites excluding steroid dienone is 2. The Balaban J connectivity index is 1.46. The summed E-state index contributed by atoms with van der Waals surface area (Å²) in [5.74, 6) is -23.0. The molecule has 270 valence electrons. The Morgan fingerprint density at radius 1 is 0.846 bits per heavy atom. The van der Waals surface area contributed by atoms with Gasteiger partial charge in [0.2, 0.25) is 17.6 Å². The van der Waals surface area contributed by atoms with E-state index in [0.717, 1.165) is 11.0 Å². The van der Waals surface area contributed by atoms with Gasteiger partial charge in [0.15, 0.2) is 33.0 Å². The summed E-state index contributed by atoms with van der Waals surface area (Å²) < 4.78 is 84.4. The van der Waals surface area contributed by atoms with Gasteiger partial charge in [-0.3, -0.25) is 24.1 Å². The summed E-state index contributed by atoms with van der Waals surface area (Å²) in [7, 11) is 2.47. The molecule has 1 saturated carbocycles. The van der Waals surface area contributed by atoms with E-state index in [-0.39, 0.29) is 39.6 Å². The number of carbonyl (C=O) groups excluding carboxylic acids is 4. The Morgan fingerprint density at radius 3 is 2.04 bits per heavy atom. The molecule has 0 bridgehead atoms. The van der Waals surface area contributed by atoms with Crippen molar-refractivity contribution in [1.82, 2.24) is 0 Å². The number of fused-ring (bicyclic) bond motifs is 4.